The number of hydrogen-bond acceptors (Lipinski definition) is 3. The van der Waals surface area contributed by atoms with E-state index in [1.165, 1.54) is 12.1 Å². The third-order valence-corrected chi connectivity index (χ3v) is 4.30. The normalized spacial score (nSPS) is 10.2. The molecule has 0 atom stereocenters. The average molecular weight is 388 g/mol. The van der Waals surface area contributed by atoms with Gasteiger partial charge in [0.2, 0.25) is 5.91 Å². The maximum Gasteiger partial charge on any atom is 0.337 e. The number of carboxylic acids is 1. The Balaban J connectivity index is 1.64. The summed E-state index contributed by atoms with van der Waals surface area (Å²) >= 11 is 0. The number of amides is 2. The molecule has 0 fully saturated rings. The van der Waals surface area contributed by atoms with Gasteiger partial charge in [-0.1, -0.05) is 48.5 Å². The van der Waals surface area contributed by atoms with Crippen LogP contribution in [0.1, 0.15) is 32.7 Å². The summed E-state index contributed by atoms with van der Waals surface area (Å²) in [6.45, 7) is 0. The van der Waals surface area contributed by atoms with Crippen LogP contribution in [0.3, 0.4) is 0 Å². The number of carbonyl (C=O) groups excluding carboxylic acids is 2. The highest BCUT2D eigenvalue weighted by atomic mass is 16.4. The lowest BCUT2D eigenvalue weighted by molar-refractivity contribution is -0.116. The van der Waals surface area contributed by atoms with Crippen molar-refractivity contribution in [2.75, 3.05) is 10.6 Å². The summed E-state index contributed by atoms with van der Waals surface area (Å²) in [5.74, 6) is -1.73. The lowest BCUT2D eigenvalue weighted by atomic mass is 10.1. The fourth-order valence-electron chi connectivity index (χ4n) is 2.84. The van der Waals surface area contributed by atoms with Crippen LogP contribution in [0.2, 0.25) is 0 Å². The molecule has 3 rings (SSSR count). The van der Waals surface area contributed by atoms with E-state index in [0.29, 0.717) is 24.1 Å². The molecule has 3 aromatic rings. The standard InChI is InChI=1S/C23H20N2O4/c26-21(14-13-16-7-2-1-3-8-16)24-18-10-6-9-17(15-18)22(27)25-20-12-5-4-11-19(20)23(28)29/h1-12,15H,13-14H2,(H,24,26)(H,25,27)(H,28,29). The van der Waals surface area contributed by atoms with Crippen LogP contribution in [0.4, 0.5) is 11.4 Å². The summed E-state index contributed by atoms with van der Waals surface area (Å²) in [6, 6.07) is 22.4. The van der Waals surface area contributed by atoms with Crippen LogP contribution in [0.5, 0.6) is 0 Å². The first-order valence-electron chi connectivity index (χ1n) is 9.10. The molecule has 0 spiro atoms. The number of carbonyl (C=O) groups is 3. The van der Waals surface area contributed by atoms with Gasteiger partial charge in [-0.05, 0) is 42.3 Å². The largest absolute Gasteiger partial charge is 0.478 e. The Morgan fingerprint density at radius 3 is 2.28 bits per heavy atom. The molecule has 0 aliphatic carbocycles. The summed E-state index contributed by atoms with van der Waals surface area (Å²) < 4.78 is 0. The second-order valence-corrected chi connectivity index (χ2v) is 6.42. The topological polar surface area (TPSA) is 95.5 Å². The highest BCUT2D eigenvalue weighted by Gasteiger charge is 2.13. The molecule has 6 heteroatoms. The van der Waals surface area contributed by atoms with Gasteiger partial charge in [0, 0.05) is 17.7 Å². The minimum atomic E-state index is -1.12. The molecule has 0 heterocycles. The maximum absolute atomic E-state index is 12.5. The Hall–Kier alpha value is -3.93. The molecular weight excluding hydrogens is 368 g/mol. The quantitative estimate of drug-likeness (QED) is 0.565. The zero-order valence-corrected chi connectivity index (χ0v) is 15.6. The van der Waals surface area contributed by atoms with Gasteiger partial charge in [0.05, 0.1) is 11.3 Å². The summed E-state index contributed by atoms with van der Waals surface area (Å²) in [7, 11) is 0. The molecule has 3 aromatic carbocycles. The van der Waals surface area contributed by atoms with Gasteiger partial charge >= 0.3 is 5.97 Å². The highest BCUT2D eigenvalue weighted by molar-refractivity contribution is 6.08. The van der Waals surface area contributed by atoms with E-state index in [4.69, 9.17) is 0 Å². The summed E-state index contributed by atoms with van der Waals surface area (Å²) in [5.41, 5.74) is 2.11. The zero-order chi connectivity index (χ0) is 20.6. The van der Waals surface area contributed by atoms with Crippen molar-refractivity contribution in [2.45, 2.75) is 12.8 Å². The molecule has 146 valence electrons. The van der Waals surface area contributed by atoms with E-state index >= 15 is 0 Å². The van der Waals surface area contributed by atoms with Crippen LogP contribution in [0.15, 0.2) is 78.9 Å². The second-order valence-electron chi connectivity index (χ2n) is 6.42. The molecule has 6 nitrogen and oxygen atoms in total. The first kappa shape index (κ1) is 19.8. The molecule has 0 bridgehead atoms. The van der Waals surface area contributed by atoms with Gasteiger partial charge in [-0.15, -0.1) is 0 Å². The number of aromatic carboxylic acids is 1. The first-order chi connectivity index (χ1) is 14.0. The molecule has 0 aliphatic rings. The van der Waals surface area contributed by atoms with E-state index in [9.17, 15) is 19.5 Å². The lowest BCUT2D eigenvalue weighted by Gasteiger charge is -2.10. The van der Waals surface area contributed by atoms with Crippen molar-refractivity contribution in [3.8, 4) is 0 Å². The Morgan fingerprint density at radius 2 is 1.52 bits per heavy atom. The molecule has 2 amide bonds. The number of nitrogens with one attached hydrogen (secondary N) is 2. The fraction of sp³-hybridized carbons (Fsp3) is 0.0870. The van der Waals surface area contributed by atoms with Crippen molar-refractivity contribution < 1.29 is 19.5 Å². The van der Waals surface area contributed by atoms with Crippen molar-refractivity contribution in [3.63, 3.8) is 0 Å². The van der Waals surface area contributed by atoms with Crippen LogP contribution >= 0.6 is 0 Å². The average Bonchev–Trinajstić information content (AvgIpc) is 2.73. The van der Waals surface area contributed by atoms with Crippen LogP contribution in [0, 0.1) is 0 Å². The Bertz CT molecular complexity index is 1030. The van der Waals surface area contributed by atoms with Gasteiger partial charge in [0.15, 0.2) is 0 Å². The van der Waals surface area contributed by atoms with Gasteiger partial charge in [-0.25, -0.2) is 4.79 Å². The van der Waals surface area contributed by atoms with E-state index in [1.807, 2.05) is 30.3 Å². The minimum Gasteiger partial charge on any atom is -0.478 e. The van der Waals surface area contributed by atoms with E-state index < -0.39 is 11.9 Å². The number of para-hydroxylation sites is 1. The van der Waals surface area contributed by atoms with Crippen molar-refractivity contribution in [2.24, 2.45) is 0 Å². The number of anilines is 2. The molecular formula is C23H20N2O4. The number of rotatable bonds is 7. The van der Waals surface area contributed by atoms with Gasteiger partial charge < -0.3 is 15.7 Å². The van der Waals surface area contributed by atoms with Crippen molar-refractivity contribution in [3.05, 3.63) is 95.6 Å². The molecule has 0 saturated heterocycles. The molecule has 0 aliphatic heterocycles. The monoisotopic (exact) mass is 388 g/mol. The van der Waals surface area contributed by atoms with E-state index in [1.54, 1.807) is 36.4 Å². The van der Waals surface area contributed by atoms with Crippen LogP contribution < -0.4 is 10.6 Å². The number of benzene rings is 3. The van der Waals surface area contributed by atoms with E-state index in [0.717, 1.165) is 5.56 Å². The minimum absolute atomic E-state index is 0.00576. The van der Waals surface area contributed by atoms with Gasteiger partial charge in [0.1, 0.15) is 0 Å². The molecule has 29 heavy (non-hydrogen) atoms. The smallest absolute Gasteiger partial charge is 0.337 e. The molecule has 0 saturated carbocycles. The van der Waals surface area contributed by atoms with Gasteiger partial charge in [-0.2, -0.15) is 0 Å². The first-order valence-corrected chi connectivity index (χ1v) is 9.10. The summed E-state index contributed by atoms with van der Waals surface area (Å²) in [5, 5.41) is 14.6. The van der Waals surface area contributed by atoms with Crippen LogP contribution in [0.25, 0.3) is 0 Å². The Morgan fingerprint density at radius 1 is 0.793 bits per heavy atom. The van der Waals surface area contributed by atoms with E-state index in [-0.39, 0.29) is 17.2 Å². The lowest BCUT2D eigenvalue weighted by Crippen LogP contribution is -2.16. The number of aryl methyl sites for hydroxylation is 1. The highest BCUT2D eigenvalue weighted by Crippen LogP contribution is 2.18. The molecule has 3 N–H and O–H groups in total. The third kappa shape index (κ3) is 5.52. The van der Waals surface area contributed by atoms with E-state index in [2.05, 4.69) is 10.6 Å². The summed E-state index contributed by atoms with van der Waals surface area (Å²) in [4.78, 5) is 36.0. The summed E-state index contributed by atoms with van der Waals surface area (Å²) in [6.07, 6.45) is 0.950. The number of hydrogen-bond donors (Lipinski definition) is 3. The fourth-order valence-corrected chi connectivity index (χ4v) is 2.84. The maximum atomic E-state index is 12.5. The van der Waals surface area contributed by atoms with Crippen molar-refractivity contribution in [1.29, 1.82) is 0 Å². The van der Waals surface area contributed by atoms with Crippen molar-refractivity contribution in [1.82, 2.24) is 0 Å². The Labute approximate surface area is 168 Å². The predicted molar refractivity (Wildman–Crippen MR) is 111 cm³/mol. The molecule has 0 unspecified atom stereocenters. The van der Waals surface area contributed by atoms with Gasteiger partial charge in [0.25, 0.3) is 5.91 Å². The van der Waals surface area contributed by atoms with Crippen molar-refractivity contribution >= 4 is 29.2 Å². The SMILES string of the molecule is O=C(CCc1ccccc1)Nc1cccc(C(=O)Nc2ccccc2C(=O)O)c1. The van der Waals surface area contributed by atoms with Gasteiger partial charge in [-0.3, -0.25) is 9.59 Å². The predicted octanol–water partition coefficient (Wildman–Crippen LogP) is 4.21. The molecule has 0 aromatic heterocycles. The van der Waals surface area contributed by atoms with Crippen LogP contribution in [-0.2, 0) is 11.2 Å². The number of carboxylic acid groups (broad SMARTS) is 1. The Kier molecular flexibility index (Phi) is 6.37. The zero-order valence-electron chi connectivity index (χ0n) is 15.6. The third-order valence-electron chi connectivity index (χ3n) is 4.30. The van der Waals surface area contributed by atoms with Crippen LogP contribution in [-0.4, -0.2) is 22.9 Å². The second kappa shape index (κ2) is 9.32. The molecule has 0 radical (unpaired) electrons.